The maximum Gasteiger partial charge on any atom is 0.319 e. The lowest BCUT2D eigenvalue weighted by molar-refractivity contribution is 0.107. The molecule has 5 aliphatic heterocycles. The van der Waals surface area contributed by atoms with Crippen molar-refractivity contribution >= 4 is 39.1 Å². The first kappa shape index (κ1) is 28.6. The molecule has 1 aromatic heterocycles. The average molecular weight is 656 g/mol. The number of phenols is 1. The summed E-state index contributed by atoms with van der Waals surface area (Å²) in [5.41, 5.74) is -1.45. The van der Waals surface area contributed by atoms with E-state index in [-0.39, 0.29) is 75.7 Å². The number of hydrogen-bond acceptors (Lipinski definition) is 8. The van der Waals surface area contributed by atoms with Gasteiger partial charge in [0.05, 0.1) is 27.6 Å². The van der Waals surface area contributed by atoms with Crippen LogP contribution in [0.25, 0.3) is 32.8 Å². The Kier molecular flexibility index (Phi) is 6.34. The number of piperazine rings is 1. The van der Waals surface area contributed by atoms with Gasteiger partial charge in [-0.2, -0.15) is 9.97 Å². The van der Waals surface area contributed by atoms with Crippen LogP contribution in [0, 0.1) is 17.5 Å². The summed E-state index contributed by atoms with van der Waals surface area (Å²) in [6, 6.07) is 4.90. The predicted molar refractivity (Wildman–Crippen MR) is 164 cm³/mol. The molecule has 13 heteroatoms. The Bertz CT molecular complexity index is 1950. The van der Waals surface area contributed by atoms with Gasteiger partial charge in [0.25, 0.3) is 0 Å². The van der Waals surface area contributed by atoms with Gasteiger partial charge >= 0.3 is 6.01 Å². The van der Waals surface area contributed by atoms with Gasteiger partial charge in [-0.25, -0.2) is 17.6 Å². The molecule has 8 nitrogen and oxygen atoms in total. The first-order valence-electron chi connectivity index (χ1n) is 15.7. The van der Waals surface area contributed by atoms with Crippen molar-refractivity contribution in [1.29, 1.82) is 0 Å². The van der Waals surface area contributed by atoms with Crippen molar-refractivity contribution in [2.45, 2.75) is 61.9 Å². The molecule has 46 heavy (non-hydrogen) atoms. The van der Waals surface area contributed by atoms with Gasteiger partial charge < -0.3 is 24.8 Å². The van der Waals surface area contributed by atoms with Crippen LogP contribution in [0.15, 0.2) is 24.3 Å². The van der Waals surface area contributed by atoms with Gasteiger partial charge in [-0.3, -0.25) is 4.90 Å². The molecule has 4 fully saturated rings. The van der Waals surface area contributed by atoms with E-state index in [1.54, 1.807) is 0 Å². The summed E-state index contributed by atoms with van der Waals surface area (Å²) >= 11 is 6.37. The monoisotopic (exact) mass is 655 g/mol. The first-order valence-corrected chi connectivity index (χ1v) is 16.1. The Balaban J connectivity index is 1.26. The van der Waals surface area contributed by atoms with Gasteiger partial charge in [0.1, 0.15) is 42.3 Å². The second-order valence-electron chi connectivity index (χ2n) is 13.3. The predicted octanol–water partition coefficient (Wildman–Crippen LogP) is 5.88. The summed E-state index contributed by atoms with van der Waals surface area (Å²) in [6.45, 7) is 1.89. The van der Waals surface area contributed by atoms with E-state index in [0.717, 1.165) is 44.4 Å². The van der Waals surface area contributed by atoms with Crippen molar-refractivity contribution in [3.8, 4) is 28.6 Å². The minimum atomic E-state index is -1.05. The standard InChI is InChI=1S/C33H30ClF4N5O3/c34-26-20(36)4-2-15-8-18(44)9-19(23(15)26)24-27(37)29-25-30(28(24)38)45-13-22-21-5-3-17(39-21)12-43(22)31(25)41-32(40-29)46-14-33-6-1-7-42(33)11-16(35)10-33/h2,4,8-9,16-17,21-22,39,44H,1,3,5-7,10-14H2/t16-,17-,21+,22-,33+/m1/s1. The summed E-state index contributed by atoms with van der Waals surface area (Å²) in [5.74, 6) is -3.08. The third-order valence-electron chi connectivity index (χ3n) is 10.7. The van der Waals surface area contributed by atoms with Crippen LogP contribution >= 0.6 is 11.6 Å². The van der Waals surface area contributed by atoms with Crippen molar-refractivity contribution in [1.82, 2.24) is 20.2 Å². The van der Waals surface area contributed by atoms with Crippen molar-refractivity contribution < 1.29 is 32.1 Å². The summed E-state index contributed by atoms with van der Waals surface area (Å²) < 4.78 is 75.4. The third kappa shape index (κ3) is 4.12. The number of fused-ring (bicyclic) bond motifs is 7. The molecule has 4 aromatic rings. The van der Waals surface area contributed by atoms with Gasteiger partial charge in [-0.1, -0.05) is 17.7 Å². The van der Waals surface area contributed by atoms with E-state index in [2.05, 4.69) is 15.2 Å². The minimum Gasteiger partial charge on any atom is -0.508 e. The SMILES string of the molecule is Oc1cc(-c2c(F)c3c4c(nc(OC[C@@]56CCCN5C[C@H](F)C6)nc4c2F)N2C[C@H]4CC[C@H](N4)[C@H]2CO3)c2c(Cl)c(F)ccc2c1. The molecular formula is C33H30ClF4N5O3. The number of halogens is 5. The highest BCUT2D eigenvalue weighted by Gasteiger charge is 2.50. The van der Waals surface area contributed by atoms with Gasteiger partial charge in [0, 0.05) is 42.5 Å². The van der Waals surface area contributed by atoms with Crippen LogP contribution in [0.4, 0.5) is 23.4 Å². The van der Waals surface area contributed by atoms with Crippen molar-refractivity contribution in [2.75, 3.05) is 37.7 Å². The summed E-state index contributed by atoms with van der Waals surface area (Å²) in [7, 11) is 0. The molecule has 240 valence electrons. The molecule has 9 rings (SSSR count). The van der Waals surface area contributed by atoms with E-state index in [4.69, 9.17) is 26.1 Å². The normalized spacial score (nSPS) is 28.4. The van der Waals surface area contributed by atoms with Crippen LogP contribution in [0.5, 0.6) is 17.5 Å². The maximum absolute atomic E-state index is 17.0. The molecule has 0 unspecified atom stereocenters. The molecule has 0 radical (unpaired) electrons. The lowest BCUT2D eigenvalue weighted by Crippen LogP contribution is -2.60. The summed E-state index contributed by atoms with van der Waals surface area (Å²) in [6.07, 6.45) is 2.91. The number of hydrogen-bond donors (Lipinski definition) is 2. The molecular weight excluding hydrogens is 626 g/mol. The number of rotatable bonds is 4. The highest BCUT2D eigenvalue weighted by molar-refractivity contribution is 6.37. The zero-order valence-corrected chi connectivity index (χ0v) is 25.4. The lowest BCUT2D eigenvalue weighted by Gasteiger charge is -2.40. The molecule has 6 heterocycles. The van der Waals surface area contributed by atoms with E-state index in [0.29, 0.717) is 30.7 Å². The zero-order valence-electron chi connectivity index (χ0n) is 24.6. The number of phenolic OH excluding ortho intramolecular Hbond substituents is 1. The van der Waals surface area contributed by atoms with Crippen molar-refractivity contribution in [2.24, 2.45) is 0 Å². The summed E-state index contributed by atoms with van der Waals surface area (Å²) in [5, 5.41) is 14.2. The number of anilines is 1. The Hall–Kier alpha value is -3.61. The molecule has 2 N–H and O–H groups in total. The van der Waals surface area contributed by atoms with Crippen LogP contribution in [-0.2, 0) is 0 Å². The van der Waals surface area contributed by atoms with Crippen molar-refractivity contribution in [3.63, 3.8) is 0 Å². The second kappa shape index (κ2) is 10.2. The van der Waals surface area contributed by atoms with Gasteiger partial charge in [0.15, 0.2) is 17.4 Å². The lowest BCUT2D eigenvalue weighted by atomic mass is 9.94. The number of nitrogens with one attached hydrogen (secondary N) is 1. The van der Waals surface area contributed by atoms with E-state index in [1.165, 1.54) is 12.1 Å². The fourth-order valence-corrected chi connectivity index (χ4v) is 8.88. The quantitative estimate of drug-likeness (QED) is 0.264. The van der Waals surface area contributed by atoms with Crippen LogP contribution in [0.3, 0.4) is 0 Å². The number of ether oxygens (including phenoxy) is 2. The summed E-state index contributed by atoms with van der Waals surface area (Å²) in [4.78, 5) is 13.4. The molecule has 0 saturated carbocycles. The van der Waals surface area contributed by atoms with Crippen LogP contribution in [-0.4, -0.2) is 82.7 Å². The van der Waals surface area contributed by atoms with Gasteiger partial charge in [-0.05, 0) is 55.8 Å². The van der Waals surface area contributed by atoms with Crippen LogP contribution in [0.2, 0.25) is 5.02 Å². The second-order valence-corrected chi connectivity index (χ2v) is 13.7. The van der Waals surface area contributed by atoms with E-state index < -0.39 is 34.7 Å². The highest BCUT2D eigenvalue weighted by atomic mass is 35.5. The molecule has 3 aromatic carbocycles. The van der Waals surface area contributed by atoms with Crippen LogP contribution < -0.4 is 19.7 Å². The topological polar surface area (TPSA) is 83.0 Å². The van der Waals surface area contributed by atoms with E-state index in [1.807, 2.05) is 4.90 Å². The van der Waals surface area contributed by atoms with E-state index in [9.17, 15) is 13.9 Å². The minimum absolute atomic E-state index is 0.0320. The molecule has 0 amide bonds. The molecule has 5 atom stereocenters. The Morgan fingerprint density at radius 1 is 1.11 bits per heavy atom. The molecule has 0 aliphatic carbocycles. The smallest absolute Gasteiger partial charge is 0.319 e. The highest BCUT2D eigenvalue weighted by Crippen LogP contribution is 2.49. The zero-order chi connectivity index (χ0) is 31.5. The number of aromatic nitrogens is 2. The number of nitrogens with zero attached hydrogens (tertiary/aromatic N) is 4. The molecule has 2 bridgehead atoms. The Morgan fingerprint density at radius 2 is 1.98 bits per heavy atom. The van der Waals surface area contributed by atoms with Gasteiger partial charge in [-0.15, -0.1) is 0 Å². The Labute approximate surface area is 266 Å². The fraction of sp³-hybridized carbons (Fsp3) is 0.455. The molecule has 0 spiro atoms. The largest absolute Gasteiger partial charge is 0.508 e. The average Bonchev–Trinajstić information content (AvgIpc) is 3.66. The first-order chi connectivity index (χ1) is 22.2. The van der Waals surface area contributed by atoms with Crippen molar-refractivity contribution in [3.05, 3.63) is 46.7 Å². The van der Waals surface area contributed by atoms with E-state index >= 15 is 8.78 Å². The third-order valence-corrected chi connectivity index (χ3v) is 11.0. The van der Waals surface area contributed by atoms with Crippen LogP contribution in [0.1, 0.15) is 32.1 Å². The molecule has 5 aliphatic rings. The Morgan fingerprint density at radius 3 is 2.85 bits per heavy atom. The maximum atomic E-state index is 17.0. The number of alkyl halides is 1. The van der Waals surface area contributed by atoms with Gasteiger partial charge in [0.2, 0.25) is 0 Å². The fourth-order valence-electron chi connectivity index (χ4n) is 8.61. The number of aromatic hydroxyl groups is 1. The molecule has 4 saturated heterocycles. The number of benzene rings is 3.